The molecular formula is C53H91N9O11. The highest BCUT2D eigenvalue weighted by atomic mass is 16.4. The van der Waals surface area contributed by atoms with Crippen molar-refractivity contribution >= 4 is 53.2 Å². The minimum absolute atomic E-state index is 0.0304. The zero-order valence-electron chi connectivity index (χ0n) is 46.1. The van der Waals surface area contributed by atoms with E-state index in [9.17, 15) is 53.4 Å². The minimum Gasteiger partial charge on any atom is -0.480 e. The van der Waals surface area contributed by atoms with E-state index in [0.717, 1.165) is 0 Å². The van der Waals surface area contributed by atoms with Crippen LogP contribution in [0, 0.1) is 41.4 Å². The van der Waals surface area contributed by atoms with E-state index in [-0.39, 0.29) is 67.6 Å². The van der Waals surface area contributed by atoms with Gasteiger partial charge in [-0.25, -0.2) is 4.79 Å². The first-order valence-corrected chi connectivity index (χ1v) is 26.0. The summed E-state index contributed by atoms with van der Waals surface area (Å²) in [5.41, 5.74) is 6.75. The summed E-state index contributed by atoms with van der Waals surface area (Å²) >= 11 is 0. The van der Waals surface area contributed by atoms with E-state index in [4.69, 9.17) is 5.73 Å². The van der Waals surface area contributed by atoms with Crippen molar-refractivity contribution < 1.29 is 53.4 Å². The van der Waals surface area contributed by atoms with Gasteiger partial charge in [-0.3, -0.25) is 38.4 Å². The summed E-state index contributed by atoms with van der Waals surface area (Å²) in [6, 6.07) is -2.09. The van der Waals surface area contributed by atoms with Gasteiger partial charge in [-0.2, -0.15) is 0 Å². The third-order valence-electron chi connectivity index (χ3n) is 11.9. The van der Waals surface area contributed by atoms with E-state index < -0.39 is 120 Å². The lowest BCUT2D eigenvalue weighted by atomic mass is 9.97. The highest BCUT2D eigenvalue weighted by Gasteiger charge is 2.38. The van der Waals surface area contributed by atoms with Gasteiger partial charge >= 0.3 is 5.97 Å². The molecular weight excluding hydrogens is 939 g/mol. The summed E-state index contributed by atoms with van der Waals surface area (Å²) in [5, 5.41) is 42.1. The molecule has 0 spiro atoms. The van der Waals surface area contributed by atoms with Crippen LogP contribution in [0.4, 0.5) is 0 Å². The molecule has 0 aliphatic rings. The van der Waals surface area contributed by atoms with E-state index in [0.29, 0.717) is 12.0 Å². The number of aliphatic carboxylic acids is 1. The lowest BCUT2D eigenvalue weighted by Gasteiger charge is -2.30. The number of amides is 8. The summed E-state index contributed by atoms with van der Waals surface area (Å²) < 4.78 is 0. The number of rotatable bonds is 32. The van der Waals surface area contributed by atoms with Crippen molar-refractivity contribution in [1.29, 1.82) is 0 Å². The third kappa shape index (κ3) is 24.3. The monoisotopic (exact) mass is 1030 g/mol. The molecule has 73 heavy (non-hydrogen) atoms. The Bertz CT molecular complexity index is 1960. The number of hydrogen-bond acceptors (Lipinski definition) is 11. The van der Waals surface area contributed by atoms with Gasteiger partial charge in [-0.1, -0.05) is 127 Å². The number of nitrogens with two attached hydrogens (primary N) is 1. The average Bonchev–Trinajstić information content (AvgIpc) is 3.26. The van der Waals surface area contributed by atoms with Crippen LogP contribution in [0.25, 0.3) is 0 Å². The Kier molecular flexibility index (Phi) is 28.5. The predicted octanol–water partition coefficient (Wildman–Crippen LogP) is 2.44. The topological polar surface area (TPSA) is 316 Å². The maximum Gasteiger partial charge on any atom is 0.326 e. The van der Waals surface area contributed by atoms with Gasteiger partial charge in [0.05, 0.1) is 12.1 Å². The summed E-state index contributed by atoms with van der Waals surface area (Å²) in [6.45, 7) is 26.5. The molecule has 0 saturated carbocycles. The molecule has 1 rings (SSSR count). The Morgan fingerprint density at radius 1 is 0.397 bits per heavy atom. The number of carboxylic acid groups (broad SMARTS) is 1. The standard InChI is InChI=1S/C53H91N9O11/c1-27(2)21-36(54)45(64)60-42(32(11)12)50(69)57-38(23-29(5)6)46(65)56-39(24-30(7)8)49(68)62-44(34(15)63)52(71)61-43(33(13)14)51(70)58-40(26-35-19-17-16-18-20-35)48(67)55-37(22-28(3)4)47(66)59-41(53(72)73)25-31(9)10/h16-20,27-34,36-44,63H,21-26,54H2,1-15H3,(H,55,67)(H,56,65)(H,57,69)(H,58,70)(H,59,66)(H,60,64)(H,61,71)(H,62,68)(H,72,73)/t34-,36+,37+,38+,39+,40+,41+,42+,43+,44+/m1/s1. The number of carbonyl (C=O) groups excluding carboxylic acids is 8. The molecule has 12 N–H and O–H groups in total. The molecule has 0 bridgehead atoms. The molecule has 10 atom stereocenters. The molecule has 0 radical (unpaired) electrons. The van der Waals surface area contributed by atoms with Crippen molar-refractivity contribution in [3.63, 3.8) is 0 Å². The second-order valence-corrected chi connectivity index (χ2v) is 22.3. The molecule has 0 heterocycles. The van der Waals surface area contributed by atoms with Crippen LogP contribution >= 0.6 is 0 Å². The molecule has 20 heteroatoms. The van der Waals surface area contributed by atoms with E-state index in [1.54, 1.807) is 58.0 Å². The number of hydrogen-bond donors (Lipinski definition) is 11. The maximum atomic E-state index is 14.2. The Balaban J connectivity index is 3.45. The molecule has 0 unspecified atom stereocenters. The van der Waals surface area contributed by atoms with Gasteiger partial charge in [0.15, 0.2) is 0 Å². The molecule has 1 aromatic carbocycles. The number of aliphatic hydroxyl groups excluding tert-OH is 1. The van der Waals surface area contributed by atoms with Gasteiger partial charge in [0.2, 0.25) is 47.3 Å². The summed E-state index contributed by atoms with van der Waals surface area (Å²) in [4.78, 5) is 123. The lowest BCUT2D eigenvalue weighted by Crippen LogP contribution is -2.63. The SMILES string of the molecule is CC(C)C[C@H](NC(=O)[C@H](CC(C)C)NC(=O)[C@H](Cc1ccccc1)NC(=O)[C@@H](NC(=O)[C@@H](NC(=O)[C@H](CC(C)C)NC(=O)[C@H](CC(C)C)NC(=O)[C@@H](NC(=O)[C@@H](N)CC(C)C)C(C)C)[C@@H](C)O)C(C)C)C(=O)O. The van der Waals surface area contributed by atoms with Gasteiger partial charge in [0, 0.05) is 6.42 Å². The van der Waals surface area contributed by atoms with E-state index in [1.807, 2.05) is 69.2 Å². The molecule has 0 aliphatic heterocycles. The molecule has 0 aliphatic carbocycles. The van der Waals surface area contributed by atoms with Gasteiger partial charge in [-0.15, -0.1) is 0 Å². The van der Waals surface area contributed by atoms with Gasteiger partial charge in [0.25, 0.3) is 0 Å². The normalized spacial score (nSPS) is 15.8. The van der Waals surface area contributed by atoms with Crippen LogP contribution in [0.3, 0.4) is 0 Å². The van der Waals surface area contributed by atoms with Crippen molar-refractivity contribution in [2.24, 2.45) is 47.2 Å². The van der Waals surface area contributed by atoms with Crippen molar-refractivity contribution in [2.75, 3.05) is 0 Å². The first-order chi connectivity index (χ1) is 33.8. The Morgan fingerprint density at radius 3 is 1.07 bits per heavy atom. The average molecular weight is 1030 g/mol. The van der Waals surface area contributed by atoms with Crippen LogP contribution in [0.1, 0.15) is 142 Å². The second kappa shape index (κ2) is 31.8. The molecule has 0 saturated heterocycles. The molecule has 0 fully saturated rings. The number of benzene rings is 1. The number of carboxylic acids is 1. The van der Waals surface area contributed by atoms with Crippen LogP contribution in [0.5, 0.6) is 0 Å². The van der Waals surface area contributed by atoms with Crippen molar-refractivity contribution in [3.8, 4) is 0 Å². The quantitative estimate of drug-likeness (QED) is 0.0496. The van der Waals surface area contributed by atoms with Crippen LogP contribution in [-0.4, -0.2) is 124 Å². The first-order valence-electron chi connectivity index (χ1n) is 26.0. The Hall–Kier alpha value is -5.63. The zero-order chi connectivity index (χ0) is 56.0. The largest absolute Gasteiger partial charge is 0.480 e. The van der Waals surface area contributed by atoms with Crippen LogP contribution in [-0.2, 0) is 49.6 Å². The van der Waals surface area contributed by atoms with Crippen molar-refractivity contribution in [2.45, 2.75) is 203 Å². The van der Waals surface area contributed by atoms with Gasteiger partial charge in [-0.05, 0) is 86.0 Å². The summed E-state index contributed by atoms with van der Waals surface area (Å²) in [7, 11) is 0. The number of nitrogens with one attached hydrogen (secondary N) is 8. The molecule has 0 aromatic heterocycles. The van der Waals surface area contributed by atoms with E-state index in [2.05, 4.69) is 42.5 Å². The van der Waals surface area contributed by atoms with Crippen molar-refractivity contribution in [3.05, 3.63) is 35.9 Å². The Labute approximate surface area is 433 Å². The zero-order valence-corrected chi connectivity index (χ0v) is 46.1. The predicted molar refractivity (Wildman–Crippen MR) is 280 cm³/mol. The summed E-state index contributed by atoms with van der Waals surface area (Å²) in [5.74, 6) is -8.29. The highest BCUT2D eigenvalue weighted by Crippen LogP contribution is 2.15. The second-order valence-electron chi connectivity index (χ2n) is 22.3. The fourth-order valence-electron chi connectivity index (χ4n) is 8.05. The van der Waals surface area contributed by atoms with Gasteiger partial charge in [0.1, 0.15) is 48.3 Å². The van der Waals surface area contributed by atoms with Crippen LogP contribution in [0.2, 0.25) is 0 Å². The number of carbonyl (C=O) groups is 9. The van der Waals surface area contributed by atoms with E-state index >= 15 is 0 Å². The molecule has 1 aromatic rings. The first kappa shape index (κ1) is 65.4. The smallest absolute Gasteiger partial charge is 0.326 e. The minimum atomic E-state index is -1.64. The molecule has 414 valence electrons. The third-order valence-corrected chi connectivity index (χ3v) is 11.9. The fraction of sp³-hybridized carbons (Fsp3) is 0.717. The maximum absolute atomic E-state index is 14.2. The lowest BCUT2D eigenvalue weighted by molar-refractivity contribution is -0.143. The summed E-state index contributed by atoms with van der Waals surface area (Å²) in [6.07, 6.45) is -0.570. The van der Waals surface area contributed by atoms with Crippen LogP contribution < -0.4 is 48.3 Å². The highest BCUT2D eigenvalue weighted by molar-refractivity contribution is 5.98. The molecule has 8 amide bonds. The van der Waals surface area contributed by atoms with E-state index in [1.165, 1.54) is 6.92 Å². The Morgan fingerprint density at radius 2 is 0.699 bits per heavy atom. The fourth-order valence-corrected chi connectivity index (χ4v) is 8.05. The number of aliphatic hydroxyl groups is 1. The van der Waals surface area contributed by atoms with Gasteiger partial charge < -0.3 is 58.5 Å². The van der Waals surface area contributed by atoms with Crippen LogP contribution in [0.15, 0.2) is 30.3 Å². The van der Waals surface area contributed by atoms with Crippen molar-refractivity contribution in [1.82, 2.24) is 42.5 Å². The molecule has 20 nitrogen and oxygen atoms in total.